The Hall–Kier alpha value is -2.64. The fourth-order valence-electron chi connectivity index (χ4n) is 4.20. The summed E-state index contributed by atoms with van der Waals surface area (Å²) in [6, 6.07) is 17.1. The number of likely N-dealkylation sites (tertiary alicyclic amines) is 1. The van der Waals surface area contributed by atoms with Crippen LogP contribution in [0, 0.1) is 0 Å². The van der Waals surface area contributed by atoms with Crippen molar-refractivity contribution in [3.05, 3.63) is 65.0 Å². The first-order valence-corrected chi connectivity index (χ1v) is 12.7. The predicted molar refractivity (Wildman–Crippen MR) is 137 cm³/mol. The number of hydrogen-bond donors (Lipinski definition) is 1. The SMILES string of the molecule is CC(C)(C)OC(=O)N1CCCC1c1ncc(-c2ccc(-c3cc4ccc(Br)cc4s3)cc2)[nH]1. The zero-order chi connectivity index (χ0) is 23.2. The summed E-state index contributed by atoms with van der Waals surface area (Å²) < 4.78 is 7.96. The molecule has 3 heterocycles. The lowest BCUT2D eigenvalue weighted by atomic mass is 10.1. The van der Waals surface area contributed by atoms with Gasteiger partial charge >= 0.3 is 6.09 Å². The summed E-state index contributed by atoms with van der Waals surface area (Å²) in [6.45, 7) is 6.36. The third-order valence-corrected chi connectivity index (χ3v) is 7.39. The van der Waals surface area contributed by atoms with E-state index in [4.69, 9.17) is 4.74 Å². The number of fused-ring (bicyclic) bond motifs is 1. The maximum absolute atomic E-state index is 12.6. The van der Waals surface area contributed by atoms with Crippen molar-refractivity contribution in [1.82, 2.24) is 14.9 Å². The summed E-state index contributed by atoms with van der Waals surface area (Å²) in [4.78, 5) is 23.7. The van der Waals surface area contributed by atoms with E-state index in [1.54, 1.807) is 16.2 Å². The first-order valence-electron chi connectivity index (χ1n) is 11.1. The minimum absolute atomic E-state index is 0.0780. The number of aromatic nitrogens is 2. The molecule has 1 atom stereocenters. The van der Waals surface area contributed by atoms with Crippen LogP contribution in [0.3, 0.4) is 0 Å². The molecule has 0 radical (unpaired) electrons. The Kier molecular flexibility index (Phi) is 5.79. The number of carbonyl (C=O) groups is 1. The van der Waals surface area contributed by atoms with Gasteiger partial charge in [0.25, 0.3) is 0 Å². The van der Waals surface area contributed by atoms with Gasteiger partial charge in [-0.1, -0.05) is 46.3 Å². The van der Waals surface area contributed by atoms with Crippen LogP contribution in [0.25, 0.3) is 31.8 Å². The molecule has 1 saturated heterocycles. The number of hydrogen-bond acceptors (Lipinski definition) is 4. The number of rotatable bonds is 3. The van der Waals surface area contributed by atoms with Crippen LogP contribution in [-0.4, -0.2) is 33.1 Å². The van der Waals surface area contributed by atoms with Crippen molar-refractivity contribution in [2.45, 2.75) is 45.3 Å². The summed E-state index contributed by atoms with van der Waals surface area (Å²) in [5.41, 5.74) is 2.71. The molecule has 0 spiro atoms. The van der Waals surface area contributed by atoms with E-state index in [1.165, 1.54) is 20.5 Å². The molecular formula is C26H26BrN3O2S. The van der Waals surface area contributed by atoms with Gasteiger partial charge in [0.05, 0.1) is 17.9 Å². The molecule has 7 heteroatoms. The highest BCUT2D eigenvalue weighted by molar-refractivity contribution is 9.10. The number of imidazole rings is 1. The molecule has 1 amide bonds. The minimum atomic E-state index is -0.509. The van der Waals surface area contributed by atoms with Gasteiger partial charge in [-0.3, -0.25) is 4.90 Å². The fourth-order valence-corrected chi connectivity index (χ4v) is 5.82. The lowest BCUT2D eigenvalue weighted by Gasteiger charge is -2.27. The maximum atomic E-state index is 12.6. The van der Waals surface area contributed by atoms with Crippen molar-refractivity contribution in [2.24, 2.45) is 0 Å². The summed E-state index contributed by atoms with van der Waals surface area (Å²) in [6.07, 6.45) is 3.41. The molecule has 0 aliphatic carbocycles. The van der Waals surface area contributed by atoms with Crippen LogP contribution >= 0.6 is 27.3 Å². The second-order valence-electron chi connectivity index (χ2n) is 9.38. The molecule has 0 bridgehead atoms. The van der Waals surface area contributed by atoms with Crippen LogP contribution in [0.2, 0.25) is 0 Å². The normalized spacial score (nSPS) is 16.5. The maximum Gasteiger partial charge on any atom is 0.410 e. The molecule has 0 saturated carbocycles. The first-order chi connectivity index (χ1) is 15.8. The predicted octanol–water partition coefficient (Wildman–Crippen LogP) is 7.79. The highest BCUT2D eigenvalue weighted by Gasteiger charge is 2.34. The van der Waals surface area contributed by atoms with Gasteiger partial charge in [0.1, 0.15) is 11.4 Å². The number of H-pyrrole nitrogens is 1. The Labute approximate surface area is 205 Å². The van der Waals surface area contributed by atoms with E-state index in [0.717, 1.165) is 34.4 Å². The Morgan fingerprint density at radius 2 is 1.91 bits per heavy atom. The Morgan fingerprint density at radius 3 is 2.67 bits per heavy atom. The number of thiophene rings is 1. The van der Waals surface area contributed by atoms with Gasteiger partial charge in [-0.25, -0.2) is 9.78 Å². The second kappa shape index (κ2) is 8.61. The van der Waals surface area contributed by atoms with E-state index in [0.29, 0.717) is 6.54 Å². The van der Waals surface area contributed by atoms with Gasteiger partial charge in [-0.2, -0.15) is 0 Å². The monoisotopic (exact) mass is 523 g/mol. The number of nitrogens with zero attached hydrogens (tertiary/aromatic N) is 2. The molecule has 1 aliphatic rings. The minimum Gasteiger partial charge on any atom is -0.444 e. The van der Waals surface area contributed by atoms with Gasteiger partial charge in [-0.05, 0) is 68.3 Å². The van der Waals surface area contributed by atoms with Gasteiger partial charge in [0.2, 0.25) is 0 Å². The third kappa shape index (κ3) is 4.70. The van der Waals surface area contributed by atoms with Gasteiger partial charge in [0, 0.05) is 20.6 Å². The van der Waals surface area contributed by atoms with E-state index in [2.05, 4.69) is 74.4 Å². The molecule has 2 aromatic heterocycles. The van der Waals surface area contributed by atoms with Gasteiger partial charge < -0.3 is 9.72 Å². The quantitative estimate of drug-likeness (QED) is 0.298. The number of amides is 1. The number of carbonyl (C=O) groups excluding carboxylic acids is 1. The van der Waals surface area contributed by atoms with Crippen molar-refractivity contribution in [3.63, 3.8) is 0 Å². The standard InChI is InChI=1S/C26H26BrN3O2S/c1-26(2,3)32-25(31)30-12-4-5-21(30)24-28-15-20(29-24)16-6-8-17(9-7-16)22-13-18-10-11-19(27)14-23(18)33-22/h6-11,13-15,21H,4-5,12H2,1-3H3,(H,28,29). The first kappa shape index (κ1) is 22.2. The van der Waals surface area contributed by atoms with Crippen molar-refractivity contribution >= 4 is 43.4 Å². The molecule has 1 fully saturated rings. The third-order valence-electron chi connectivity index (χ3n) is 5.75. The number of nitrogens with one attached hydrogen (secondary N) is 1. The number of aromatic amines is 1. The van der Waals surface area contributed by atoms with E-state index in [-0.39, 0.29) is 12.1 Å². The number of benzene rings is 2. The van der Waals surface area contributed by atoms with Gasteiger partial charge in [-0.15, -0.1) is 11.3 Å². The van der Waals surface area contributed by atoms with E-state index >= 15 is 0 Å². The van der Waals surface area contributed by atoms with Crippen molar-refractivity contribution in [2.75, 3.05) is 6.54 Å². The largest absolute Gasteiger partial charge is 0.444 e. The fraction of sp³-hybridized carbons (Fsp3) is 0.308. The lowest BCUT2D eigenvalue weighted by Crippen LogP contribution is -2.36. The molecule has 5 nitrogen and oxygen atoms in total. The van der Waals surface area contributed by atoms with Crippen LogP contribution in [0.1, 0.15) is 45.5 Å². The Balaban J connectivity index is 1.34. The molecule has 2 aromatic carbocycles. The molecule has 1 unspecified atom stereocenters. The zero-order valence-electron chi connectivity index (χ0n) is 18.9. The molecule has 33 heavy (non-hydrogen) atoms. The van der Waals surface area contributed by atoms with Gasteiger partial charge in [0.15, 0.2) is 0 Å². The molecule has 4 aromatic rings. The summed E-state index contributed by atoms with van der Waals surface area (Å²) >= 11 is 5.35. The average molecular weight is 524 g/mol. The highest BCUT2D eigenvalue weighted by atomic mass is 79.9. The number of halogens is 1. The van der Waals surface area contributed by atoms with Crippen LogP contribution in [0.4, 0.5) is 4.79 Å². The van der Waals surface area contributed by atoms with E-state index in [1.807, 2.05) is 27.0 Å². The van der Waals surface area contributed by atoms with Crippen LogP contribution in [0.15, 0.2) is 59.2 Å². The van der Waals surface area contributed by atoms with Crippen molar-refractivity contribution in [3.8, 4) is 21.7 Å². The van der Waals surface area contributed by atoms with Crippen LogP contribution < -0.4 is 0 Å². The lowest BCUT2D eigenvalue weighted by molar-refractivity contribution is 0.0218. The van der Waals surface area contributed by atoms with Crippen LogP contribution in [0.5, 0.6) is 0 Å². The average Bonchev–Trinajstić information content (AvgIpc) is 3.50. The molecule has 1 N–H and O–H groups in total. The topological polar surface area (TPSA) is 58.2 Å². The summed E-state index contributed by atoms with van der Waals surface area (Å²) in [5, 5.41) is 1.26. The summed E-state index contributed by atoms with van der Waals surface area (Å²) in [7, 11) is 0. The second-order valence-corrected chi connectivity index (χ2v) is 11.4. The molecule has 5 rings (SSSR count). The number of ether oxygens (including phenoxy) is 1. The Bertz CT molecular complexity index is 1300. The van der Waals surface area contributed by atoms with Crippen LogP contribution in [-0.2, 0) is 4.74 Å². The smallest absolute Gasteiger partial charge is 0.410 e. The zero-order valence-corrected chi connectivity index (χ0v) is 21.3. The van der Waals surface area contributed by atoms with Crippen molar-refractivity contribution < 1.29 is 9.53 Å². The Morgan fingerprint density at radius 1 is 1.15 bits per heavy atom. The van der Waals surface area contributed by atoms with E-state index in [9.17, 15) is 4.79 Å². The van der Waals surface area contributed by atoms with Crippen molar-refractivity contribution in [1.29, 1.82) is 0 Å². The highest BCUT2D eigenvalue weighted by Crippen LogP contribution is 2.36. The molecular weight excluding hydrogens is 498 g/mol. The molecule has 170 valence electrons. The molecule has 1 aliphatic heterocycles. The van der Waals surface area contributed by atoms with E-state index < -0.39 is 5.60 Å². The summed E-state index contributed by atoms with van der Waals surface area (Å²) in [5.74, 6) is 0.813.